The average Bonchev–Trinajstić information content (AvgIpc) is 3.39. The van der Waals surface area contributed by atoms with Crippen molar-refractivity contribution in [1.29, 1.82) is 0 Å². The highest BCUT2D eigenvalue weighted by Crippen LogP contribution is 2.42. The molecular weight excluding hydrogens is 521 g/mol. The minimum absolute atomic E-state index is 0.127. The number of fused-ring (bicyclic) bond motifs is 1. The molecule has 1 aromatic heterocycles. The van der Waals surface area contributed by atoms with Gasteiger partial charge < -0.3 is 15.3 Å². The number of carboxylic acid groups (broad SMARTS) is 1. The molecule has 1 fully saturated rings. The molecule has 0 unspecified atom stereocenters. The number of benzene rings is 2. The molecule has 38 heavy (non-hydrogen) atoms. The van der Waals surface area contributed by atoms with Crippen molar-refractivity contribution in [2.45, 2.75) is 58.4 Å². The number of aliphatic carboxylic acids is 1. The van der Waals surface area contributed by atoms with E-state index in [1.807, 2.05) is 30.3 Å². The van der Waals surface area contributed by atoms with Crippen LogP contribution in [0.2, 0.25) is 10.0 Å². The molecule has 1 aliphatic carbocycles. The van der Waals surface area contributed by atoms with Crippen LogP contribution in [0.5, 0.6) is 0 Å². The van der Waals surface area contributed by atoms with Gasteiger partial charge in [0, 0.05) is 17.4 Å². The summed E-state index contributed by atoms with van der Waals surface area (Å²) in [6, 6.07) is 13.8. The molecule has 0 radical (unpaired) electrons. The molecule has 0 aliphatic heterocycles. The Morgan fingerprint density at radius 2 is 1.74 bits per heavy atom. The Labute approximate surface area is 234 Å². The topological polar surface area (TPSA) is 82.5 Å². The van der Waals surface area contributed by atoms with Crippen molar-refractivity contribution in [1.82, 2.24) is 15.2 Å². The summed E-state index contributed by atoms with van der Waals surface area (Å²) < 4.78 is 0. The lowest BCUT2D eigenvalue weighted by Crippen LogP contribution is -2.49. The molecule has 2 N–H and O–H groups in total. The first-order valence-corrected chi connectivity index (χ1v) is 14.1. The fraction of sp³-hybridized carbons (Fsp3) is 0.433. The number of aromatic nitrogens is 1. The molecule has 8 heteroatoms. The van der Waals surface area contributed by atoms with E-state index in [1.165, 1.54) is 0 Å². The fourth-order valence-electron chi connectivity index (χ4n) is 5.49. The monoisotopic (exact) mass is 555 g/mol. The van der Waals surface area contributed by atoms with E-state index < -0.39 is 17.4 Å². The van der Waals surface area contributed by atoms with Gasteiger partial charge in [0.2, 0.25) is 5.91 Å². The van der Waals surface area contributed by atoms with Gasteiger partial charge in [-0.3, -0.25) is 4.79 Å². The summed E-state index contributed by atoms with van der Waals surface area (Å²) in [6.45, 7) is 6.97. The average molecular weight is 557 g/mol. The lowest BCUT2D eigenvalue weighted by Gasteiger charge is -2.31. The highest BCUT2D eigenvalue weighted by molar-refractivity contribution is 6.39. The number of amides is 1. The quantitative estimate of drug-likeness (QED) is 0.278. The van der Waals surface area contributed by atoms with Crippen LogP contribution in [-0.2, 0) is 16.0 Å². The number of rotatable bonds is 11. The Bertz CT molecular complexity index is 1280. The largest absolute Gasteiger partial charge is 0.480 e. The maximum atomic E-state index is 13.5. The molecule has 3 aromatic rings. The van der Waals surface area contributed by atoms with Crippen LogP contribution in [-0.4, -0.2) is 52.5 Å². The molecule has 1 heterocycles. The molecule has 0 saturated heterocycles. The van der Waals surface area contributed by atoms with Gasteiger partial charge in [0.15, 0.2) is 0 Å². The smallest absolute Gasteiger partial charge is 0.326 e. The van der Waals surface area contributed by atoms with Crippen molar-refractivity contribution in [3.8, 4) is 11.3 Å². The third kappa shape index (κ3) is 6.31. The molecule has 0 spiro atoms. The van der Waals surface area contributed by atoms with Crippen molar-refractivity contribution in [3.63, 3.8) is 0 Å². The van der Waals surface area contributed by atoms with E-state index in [2.05, 4.69) is 24.1 Å². The summed E-state index contributed by atoms with van der Waals surface area (Å²) in [7, 11) is 0. The Kier molecular flexibility index (Phi) is 9.29. The first-order chi connectivity index (χ1) is 18.3. The minimum atomic E-state index is -1.03. The van der Waals surface area contributed by atoms with Gasteiger partial charge >= 0.3 is 5.97 Å². The molecule has 4 rings (SSSR count). The van der Waals surface area contributed by atoms with E-state index in [1.54, 1.807) is 18.2 Å². The normalized spacial score (nSPS) is 15.6. The van der Waals surface area contributed by atoms with Gasteiger partial charge in [0.25, 0.3) is 0 Å². The van der Waals surface area contributed by atoms with Crippen LogP contribution in [0.3, 0.4) is 0 Å². The van der Waals surface area contributed by atoms with E-state index in [0.717, 1.165) is 68.2 Å². The van der Waals surface area contributed by atoms with Crippen LogP contribution in [0, 0.1) is 5.41 Å². The summed E-state index contributed by atoms with van der Waals surface area (Å²) in [5.74, 6) is -1.16. The second-order valence-corrected chi connectivity index (χ2v) is 11.0. The third-order valence-electron chi connectivity index (χ3n) is 7.86. The molecule has 0 bridgehead atoms. The van der Waals surface area contributed by atoms with Gasteiger partial charge in [-0.25, -0.2) is 9.78 Å². The van der Waals surface area contributed by atoms with Gasteiger partial charge in [-0.05, 0) is 74.8 Å². The molecule has 6 nitrogen and oxygen atoms in total. The predicted molar refractivity (Wildman–Crippen MR) is 154 cm³/mol. The summed E-state index contributed by atoms with van der Waals surface area (Å²) in [5.41, 5.74) is 2.43. The number of hydrogen-bond acceptors (Lipinski definition) is 4. The van der Waals surface area contributed by atoms with E-state index in [4.69, 9.17) is 28.2 Å². The number of pyridine rings is 1. The number of nitrogens with zero attached hydrogens (tertiary/aromatic N) is 2. The molecule has 2 aromatic carbocycles. The Morgan fingerprint density at radius 1 is 1.05 bits per heavy atom. The highest BCUT2D eigenvalue weighted by Gasteiger charge is 2.42. The summed E-state index contributed by atoms with van der Waals surface area (Å²) in [6.07, 6.45) is 4.58. The zero-order chi connectivity index (χ0) is 27.3. The van der Waals surface area contributed by atoms with Crippen LogP contribution in [0.4, 0.5) is 0 Å². The number of hydrogen-bond donors (Lipinski definition) is 2. The lowest BCUT2D eigenvalue weighted by atomic mass is 9.81. The van der Waals surface area contributed by atoms with Crippen LogP contribution < -0.4 is 5.32 Å². The van der Waals surface area contributed by atoms with E-state index in [0.29, 0.717) is 21.3 Å². The summed E-state index contributed by atoms with van der Waals surface area (Å²) >= 11 is 12.7. The van der Waals surface area contributed by atoms with Crippen molar-refractivity contribution in [2.75, 3.05) is 19.6 Å². The van der Waals surface area contributed by atoms with E-state index in [9.17, 15) is 14.7 Å². The van der Waals surface area contributed by atoms with Gasteiger partial charge in [-0.15, -0.1) is 0 Å². The number of carbonyl (C=O) groups is 2. The summed E-state index contributed by atoms with van der Waals surface area (Å²) in [4.78, 5) is 32.7. The predicted octanol–water partition coefficient (Wildman–Crippen LogP) is 6.61. The molecular formula is C30H35Cl2N3O3. The maximum Gasteiger partial charge on any atom is 0.326 e. The molecule has 1 aliphatic rings. The van der Waals surface area contributed by atoms with Gasteiger partial charge in [-0.2, -0.15) is 0 Å². The second-order valence-electron chi connectivity index (χ2n) is 10.2. The zero-order valence-corrected chi connectivity index (χ0v) is 23.5. The van der Waals surface area contributed by atoms with Crippen molar-refractivity contribution in [3.05, 3.63) is 64.1 Å². The summed E-state index contributed by atoms with van der Waals surface area (Å²) in [5, 5.41) is 14.8. The SMILES string of the molecule is CCN(CC)CCC1(C(=O)N[C@@H](Cc2ccc3nc(-c4c(Cl)cccc4Cl)ccc3c2)C(=O)O)CCCC1. The first-order valence-electron chi connectivity index (χ1n) is 13.4. The Morgan fingerprint density at radius 3 is 2.37 bits per heavy atom. The van der Waals surface area contributed by atoms with Crippen LogP contribution in [0.1, 0.15) is 51.5 Å². The van der Waals surface area contributed by atoms with Crippen LogP contribution in [0.15, 0.2) is 48.5 Å². The third-order valence-corrected chi connectivity index (χ3v) is 8.49. The minimum Gasteiger partial charge on any atom is -0.480 e. The van der Waals surface area contributed by atoms with E-state index >= 15 is 0 Å². The van der Waals surface area contributed by atoms with Crippen molar-refractivity contribution < 1.29 is 14.7 Å². The van der Waals surface area contributed by atoms with Gasteiger partial charge in [0.05, 0.1) is 26.7 Å². The van der Waals surface area contributed by atoms with Crippen LogP contribution >= 0.6 is 23.2 Å². The number of nitrogens with one attached hydrogen (secondary N) is 1. The zero-order valence-electron chi connectivity index (χ0n) is 22.0. The van der Waals surface area contributed by atoms with Gasteiger partial charge in [-0.1, -0.05) is 68.1 Å². The number of halogens is 2. The molecule has 1 amide bonds. The molecule has 202 valence electrons. The Hall–Kier alpha value is -2.67. The van der Waals surface area contributed by atoms with Crippen molar-refractivity contribution in [2.24, 2.45) is 5.41 Å². The molecule has 1 saturated carbocycles. The standard InChI is InChI=1S/C30H35Cl2N3O3/c1-3-35(4-2)17-16-30(14-5-6-15-30)29(38)34-26(28(36)37)19-20-10-12-24-21(18-20)11-13-25(33-24)27-22(31)8-7-9-23(27)32/h7-13,18,26H,3-6,14-17,19H2,1-2H3,(H,34,38)(H,36,37)/t26-/m0/s1. The lowest BCUT2D eigenvalue weighted by molar-refractivity contribution is -0.144. The highest BCUT2D eigenvalue weighted by atomic mass is 35.5. The first kappa shape index (κ1) is 28.3. The number of carboxylic acids is 1. The Balaban J connectivity index is 1.51. The molecule has 1 atom stereocenters. The van der Waals surface area contributed by atoms with Crippen LogP contribution in [0.25, 0.3) is 22.2 Å². The maximum absolute atomic E-state index is 13.5. The second kappa shape index (κ2) is 12.5. The fourth-order valence-corrected chi connectivity index (χ4v) is 6.08. The van der Waals surface area contributed by atoms with Gasteiger partial charge in [0.1, 0.15) is 6.04 Å². The number of carbonyl (C=O) groups excluding carboxylic acids is 1. The van der Waals surface area contributed by atoms with Crippen molar-refractivity contribution >= 4 is 46.0 Å². The van der Waals surface area contributed by atoms with E-state index in [-0.39, 0.29) is 12.3 Å².